The molecule has 0 aromatic heterocycles. The molecule has 2 heteroatoms. The van der Waals surface area contributed by atoms with E-state index in [2.05, 4.69) is 31.2 Å². The van der Waals surface area contributed by atoms with Gasteiger partial charge in [-0.2, -0.15) is 0 Å². The summed E-state index contributed by atoms with van der Waals surface area (Å²) in [5, 5.41) is 0. The van der Waals surface area contributed by atoms with Crippen LogP contribution in [0.3, 0.4) is 0 Å². The van der Waals surface area contributed by atoms with Crippen LogP contribution in [0.4, 0.5) is 0 Å². The molecule has 1 aromatic carbocycles. The van der Waals surface area contributed by atoms with Crippen molar-refractivity contribution in [2.75, 3.05) is 13.2 Å². The Kier molecular flexibility index (Phi) is 4.74. The van der Waals surface area contributed by atoms with Crippen LogP contribution in [0, 0.1) is 11.8 Å². The van der Waals surface area contributed by atoms with Crippen LogP contribution >= 0.6 is 0 Å². The van der Waals surface area contributed by atoms with Gasteiger partial charge in [-0.25, -0.2) is 0 Å². The molecule has 3 rings (SSSR count). The first-order chi connectivity index (χ1) is 9.83. The summed E-state index contributed by atoms with van der Waals surface area (Å²) in [6.45, 7) is 3.83. The van der Waals surface area contributed by atoms with Crippen LogP contribution in [-0.2, 0) is 15.9 Å². The molecule has 0 amide bonds. The second kappa shape index (κ2) is 6.73. The first-order valence-corrected chi connectivity index (χ1v) is 8.14. The number of hydrogen-bond acceptors (Lipinski definition) is 2. The molecule has 110 valence electrons. The first-order valence-electron chi connectivity index (χ1n) is 8.14. The van der Waals surface area contributed by atoms with E-state index in [4.69, 9.17) is 9.47 Å². The van der Waals surface area contributed by atoms with Crippen molar-refractivity contribution in [3.63, 3.8) is 0 Å². The molecule has 0 bridgehead atoms. The van der Waals surface area contributed by atoms with Crippen molar-refractivity contribution in [3.05, 3.63) is 35.4 Å². The van der Waals surface area contributed by atoms with Gasteiger partial charge in [0.1, 0.15) is 0 Å². The minimum Gasteiger partial charge on any atom is -0.346 e. The Labute approximate surface area is 122 Å². The van der Waals surface area contributed by atoms with Gasteiger partial charge in [0, 0.05) is 5.56 Å². The molecule has 2 aliphatic rings. The van der Waals surface area contributed by atoms with Crippen LogP contribution in [0.1, 0.15) is 56.4 Å². The zero-order valence-electron chi connectivity index (χ0n) is 12.5. The molecule has 0 unspecified atom stereocenters. The lowest BCUT2D eigenvalue weighted by Crippen LogP contribution is -2.13. The Bertz CT molecular complexity index is 415. The van der Waals surface area contributed by atoms with Crippen LogP contribution in [-0.4, -0.2) is 13.2 Å². The molecule has 1 aliphatic carbocycles. The van der Waals surface area contributed by atoms with Crippen molar-refractivity contribution in [1.82, 2.24) is 0 Å². The average Bonchev–Trinajstić information content (AvgIpc) is 3.01. The van der Waals surface area contributed by atoms with Gasteiger partial charge in [-0.3, -0.25) is 0 Å². The predicted molar refractivity (Wildman–Crippen MR) is 80.5 cm³/mol. The van der Waals surface area contributed by atoms with Crippen molar-refractivity contribution in [1.29, 1.82) is 0 Å². The zero-order valence-corrected chi connectivity index (χ0v) is 12.5. The molecule has 2 nitrogen and oxygen atoms in total. The standard InChI is InChI=1S/C18H26O2/c1-14-6-8-15(9-7-14)10-11-16-4-2-3-5-17(16)18-19-12-13-20-18/h2-5,14-15,18H,6-13H2,1H3. The number of aryl methyl sites for hydroxylation is 1. The van der Waals surface area contributed by atoms with Crippen LogP contribution < -0.4 is 0 Å². The molecule has 1 aliphatic heterocycles. The topological polar surface area (TPSA) is 18.5 Å². The zero-order chi connectivity index (χ0) is 13.8. The number of ether oxygens (including phenoxy) is 2. The Hall–Kier alpha value is -0.860. The molecule has 0 radical (unpaired) electrons. The van der Waals surface area contributed by atoms with Gasteiger partial charge >= 0.3 is 0 Å². The third-order valence-electron chi connectivity index (χ3n) is 4.89. The lowest BCUT2D eigenvalue weighted by Gasteiger charge is -2.26. The third-order valence-corrected chi connectivity index (χ3v) is 4.89. The van der Waals surface area contributed by atoms with E-state index >= 15 is 0 Å². The lowest BCUT2D eigenvalue weighted by molar-refractivity contribution is -0.0447. The Morgan fingerprint density at radius 2 is 1.70 bits per heavy atom. The Balaban J connectivity index is 1.59. The van der Waals surface area contributed by atoms with Crippen molar-refractivity contribution in [2.45, 2.75) is 51.7 Å². The maximum atomic E-state index is 5.66. The summed E-state index contributed by atoms with van der Waals surface area (Å²) in [7, 11) is 0. The molecule has 1 heterocycles. The lowest BCUT2D eigenvalue weighted by atomic mass is 9.80. The number of benzene rings is 1. The van der Waals surface area contributed by atoms with Gasteiger partial charge in [0.25, 0.3) is 0 Å². The van der Waals surface area contributed by atoms with E-state index in [0.717, 1.165) is 25.0 Å². The van der Waals surface area contributed by atoms with Crippen molar-refractivity contribution < 1.29 is 9.47 Å². The van der Waals surface area contributed by atoms with E-state index in [0.29, 0.717) is 0 Å². The highest BCUT2D eigenvalue weighted by Gasteiger charge is 2.22. The highest BCUT2D eigenvalue weighted by molar-refractivity contribution is 5.28. The van der Waals surface area contributed by atoms with Crippen molar-refractivity contribution in [2.24, 2.45) is 11.8 Å². The van der Waals surface area contributed by atoms with Gasteiger partial charge in [0.05, 0.1) is 13.2 Å². The summed E-state index contributed by atoms with van der Waals surface area (Å²) in [5.74, 6) is 1.86. The van der Waals surface area contributed by atoms with Crippen LogP contribution in [0.15, 0.2) is 24.3 Å². The summed E-state index contributed by atoms with van der Waals surface area (Å²) >= 11 is 0. The van der Waals surface area contributed by atoms with Gasteiger partial charge < -0.3 is 9.47 Å². The summed E-state index contributed by atoms with van der Waals surface area (Å²) < 4.78 is 11.3. The monoisotopic (exact) mass is 274 g/mol. The molecule has 1 aromatic rings. The molecule has 1 saturated carbocycles. The summed E-state index contributed by atoms with van der Waals surface area (Å²) in [6, 6.07) is 8.63. The quantitative estimate of drug-likeness (QED) is 0.805. The van der Waals surface area contributed by atoms with Crippen LogP contribution in [0.5, 0.6) is 0 Å². The highest BCUT2D eigenvalue weighted by atomic mass is 16.7. The van der Waals surface area contributed by atoms with E-state index in [1.165, 1.54) is 49.7 Å². The molecule has 0 atom stereocenters. The van der Waals surface area contributed by atoms with Crippen molar-refractivity contribution in [3.8, 4) is 0 Å². The van der Waals surface area contributed by atoms with Gasteiger partial charge in [-0.1, -0.05) is 56.9 Å². The van der Waals surface area contributed by atoms with Gasteiger partial charge in [-0.15, -0.1) is 0 Å². The highest BCUT2D eigenvalue weighted by Crippen LogP contribution is 2.33. The average molecular weight is 274 g/mol. The van der Waals surface area contributed by atoms with Gasteiger partial charge in [-0.05, 0) is 30.2 Å². The number of hydrogen-bond donors (Lipinski definition) is 0. The van der Waals surface area contributed by atoms with E-state index in [9.17, 15) is 0 Å². The number of rotatable bonds is 4. The van der Waals surface area contributed by atoms with Gasteiger partial charge in [0.2, 0.25) is 0 Å². The van der Waals surface area contributed by atoms with E-state index in [-0.39, 0.29) is 6.29 Å². The Morgan fingerprint density at radius 3 is 2.45 bits per heavy atom. The summed E-state index contributed by atoms with van der Waals surface area (Å²) in [6.07, 6.45) is 8.02. The predicted octanol–water partition coefficient (Wildman–Crippen LogP) is 4.49. The fourth-order valence-electron chi connectivity index (χ4n) is 3.51. The second-order valence-corrected chi connectivity index (χ2v) is 6.44. The van der Waals surface area contributed by atoms with Crippen molar-refractivity contribution >= 4 is 0 Å². The molecule has 0 spiro atoms. The fraction of sp³-hybridized carbons (Fsp3) is 0.667. The first kappa shape index (κ1) is 14.1. The maximum absolute atomic E-state index is 5.66. The molecular weight excluding hydrogens is 248 g/mol. The minimum absolute atomic E-state index is 0.127. The van der Waals surface area contributed by atoms with E-state index < -0.39 is 0 Å². The maximum Gasteiger partial charge on any atom is 0.184 e. The second-order valence-electron chi connectivity index (χ2n) is 6.44. The normalized spacial score (nSPS) is 27.9. The Morgan fingerprint density at radius 1 is 1.00 bits per heavy atom. The SMILES string of the molecule is CC1CCC(CCc2ccccc2C2OCCO2)CC1. The van der Waals surface area contributed by atoms with Crippen LogP contribution in [0.25, 0.3) is 0 Å². The molecule has 1 saturated heterocycles. The molecule has 20 heavy (non-hydrogen) atoms. The largest absolute Gasteiger partial charge is 0.346 e. The third kappa shape index (κ3) is 3.42. The fourth-order valence-corrected chi connectivity index (χ4v) is 3.51. The van der Waals surface area contributed by atoms with E-state index in [1.54, 1.807) is 0 Å². The molecule has 2 fully saturated rings. The van der Waals surface area contributed by atoms with Gasteiger partial charge in [0.15, 0.2) is 6.29 Å². The van der Waals surface area contributed by atoms with E-state index in [1.807, 2.05) is 0 Å². The summed E-state index contributed by atoms with van der Waals surface area (Å²) in [4.78, 5) is 0. The smallest absolute Gasteiger partial charge is 0.184 e. The summed E-state index contributed by atoms with van der Waals surface area (Å²) in [5.41, 5.74) is 2.66. The van der Waals surface area contributed by atoms with Crippen LogP contribution in [0.2, 0.25) is 0 Å². The molecule has 0 N–H and O–H groups in total. The molecular formula is C18H26O2. The minimum atomic E-state index is -0.127.